The van der Waals surface area contributed by atoms with Gasteiger partial charge in [-0.1, -0.05) is 272 Å². The second-order valence-electron chi connectivity index (χ2n) is 18.7. The molecular weight excluding hydrogens is 668 g/mol. The molecule has 0 unspecified atom stereocenters. The summed E-state index contributed by atoms with van der Waals surface area (Å²) in [5.41, 5.74) is 0. The highest BCUT2D eigenvalue weighted by atomic mass is 31.2. The van der Waals surface area contributed by atoms with Gasteiger partial charge in [-0.05, 0) is 44.9 Å². The SMILES string of the molecule is CCCCCCCCCCCCCCCC[P+](CCCCC)(CCCCCCCCCCCCCCCC)CCCCCCCCCCCCCCCC. The maximum atomic E-state index is 2.43. The van der Waals surface area contributed by atoms with Gasteiger partial charge in [0.15, 0.2) is 0 Å². The van der Waals surface area contributed by atoms with Gasteiger partial charge in [-0.25, -0.2) is 0 Å². The van der Waals surface area contributed by atoms with Gasteiger partial charge in [-0.15, -0.1) is 0 Å². The molecule has 0 spiro atoms. The summed E-state index contributed by atoms with van der Waals surface area (Å²) in [6.07, 6.45) is 73.7. The first-order valence-corrected chi connectivity index (χ1v) is 29.1. The van der Waals surface area contributed by atoms with Crippen LogP contribution >= 0.6 is 7.26 Å². The van der Waals surface area contributed by atoms with E-state index >= 15 is 0 Å². The summed E-state index contributed by atoms with van der Waals surface area (Å²) in [6.45, 7) is 9.41. The van der Waals surface area contributed by atoms with Gasteiger partial charge in [-0.2, -0.15) is 0 Å². The monoisotopic (exact) mass is 778 g/mol. The molecule has 0 rings (SSSR count). The van der Waals surface area contributed by atoms with Crippen LogP contribution < -0.4 is 0 Å². The first kappa shape index (κ1) is 54.4. The Morgan fingerprint density at radius 2 is 0.259 bits per heavy atom. The molecule has 0 aromatic carbocycles. The van der Waals surface area contributed by atoms with Crippen LogP contribution in [0, 0.1) is 0 Å². The molecule has 0 aromatic rings. The average Bonchev–Trinajstić information content (AvgIpc) is 3.18. The third-order valence-corrected chi connectivity index (χ3v) is 18.3. The molecule has 54 heavy (non-hydrogen) atoms. The zero-order valence-electron chi connectivity index (χ0n) is 39.1. The summed E-state index contributed by atoms with van der Waals surface area (Å²) >= 11 is 0. The highest BCUT2D eigenvalue weighted by Crippen LogP contribution is 2.61. The first-order chi connectivity index (χ1) is 26.7. The van der Waals surface area contributed by atoms with Gasteiger partial charge in [0.05, 0.1) is 24.6 Å². The fourth-order valence-electron chi connectivity index (χ4n) is 9.29. The quantitative estimate of drug-likeness (QED) is 0.0426. The second-order valence-corrected chi connectivity index (χ2v) is 23.2. The Morgan fingerprint density at radius 1 is 0.148 bits per heavy atom. The molecule has 326 valence electrons. The van der Waals surface area contributed by atoms with Crippen LogP contribution in [-0.4, -0.2) is 24.6 Å². The van der Waals surface area contributed by atoms with Gasteiger partial charge < -0.3 is 0 Å². The van der Waals surface area contributed by atoms with E-state index in [1.54, 1.807) is 50.3 Å². The van der Waals surface area contributed by atoms with Gasteiger partial charge in [0.1, 0.15) is 0 Å². The predicted molar refractivity (Wildman–Crippen MR) is 257 cm³/mol. The average molecular weight is 778 g/mol. The summed E-state index contributed by atoms with van der Waals surface area (Å²) in [5.74, 6) is 0. The Bertz CT molecular complexity index is 562. The molecule has 0 aliphatic carbocycles. The first-order valence-electron chi connectivity index (χ1n) is 26.6. The van der Waals surface area contributed by atoms with Gasteiger partial charge in [0, 0.05) is 7.26 Å². The lowest BCUT2D eigenvalue weighted by Crippen LogP contribution is -2.13. The second kappa shape index (κ2) is 47.8. The van der Waals surface area contributed by atoms with Crippen molar-refractivity contribution in [2.24, 2.45) is 0 Å². The van der Waals surface area contributed by atoms with Crippen LogP contribution in [-0.2, 0) is 0 Å². The van der Waals surface area contributed by atoms with Gasteiger partial charge in [-0.3, -0.25) is 0 Å². The lowest BCUT2D eigenvalue weighted by atomic mass is 10.0. The largest absolute Gasteiger partial charge is 0.0654 e. The van der Waals surface area contributed by atoms with Crippen molar-refractivity contribution < 1.29 is 0 Å². The Kier molecular flexibility index (Phi) is 48.2. The van der Waals surface area contributed by atoms with Crippen molar-refractivity contribution in [1.82, 2.24) is 0 Å². The Labute approximate surface area is 347 Å². The number of unbranched alkanes of at least 4 members (excludes halogenated alkanes) is 41. The van der Waals surface area contributed by atoms with Gasteiger partial charge in [0.25, 0.3) is 0 Å². The minimum absolute atomic E-state index is 0.779. The minimum Gasteiger partial charge on any atom is -0.0654 e. The predicted octanol–water partition coefficient (Wildman–Crippen LogP) is 20.6. The Balaban J connectivity index is 4.51. The topological polar surface area (TPSA) is 0 Å². The fraction of sp³-hybridized carbons (Fsp3) is 1.00. The van der Waals surface area contributed by atoms with E-state index in [9.17, 15) is 0 Å². The van der Waals surface area contributed by atoms with E-state index in [4.69, 9.17) is 0 Å². The molecule has 0 saturated heterocycles. The van der Waals surface area contributed by atoms with Crippen LogP contribution in [0.5, 0.6) is 0 Å². The highest BCUT2D eigenvalue weighted by molar-refractivity contribution is 7.75. The van der Waals surface area contributed by atoms with Crippen molar-refractivity contribution in [3.63, 3.8) is 0 Å². The zero-order valence-corrected chi connectivity index (χ0v) is 40.0. The van der Waals surface area contributed by atoms with Crippen LogP contribution in [0.1, 0.15) is 317 Å². The third kappa shape index (κ3) is 42.0. The standard InChI is InChI=1S/C53H110P/c1-5-9-13-16-19-22-25-28-31-34-37-40-43-47-51-54(50-46-12-8-4,52-48-44-41-38-35-32-29-26-23-20-17-14-10-6-2)53-49-45-42-39-36-33-30-27-24-21-18-15-11-7-3/h5-53H2,1-4H3/q+1. The summed E-state index contributed by atoms with van der Waals surface area (Å²) in [5, 5.41) is 0. The van der Waals surface area contributed by atoms with E-state index in [2.05, 4.69) is 27.7 Å². The number of hydrogen-bond acceptors (Lipinski definition) is 0. The lowest BCUT2D eigenvalue weighted by Gasteiger charge is -2.28. The van der Waals surface area contributed by atoms with Crippen LogP contribution in [0.15, 0.2) is 0 Å². The van der Waals surface area contributed by atoms with Crippen molar-refractivity contribution in [3.8, 4) is 0 Å². The number of hydrogen-bond donors (Lipinski definition) is 0. The van der Waals surface area contributed by atoms with Gasteiger partial charge >= 0.3 is 0 Å². The molecule has 0 fully saturated rings. The molecule has 0 aliphatic rings. The van der Waals surface area contributed by atoms with Crippen LogP contribution in [0.2, 0.25) is 0 Å². The smallest absolute Gasteiger partial charge is 0.0594 e. The molecule has 0 amide bonds. The Morgan fingerprint density at radius 3 is 0.426 bits per heavy atom. The highest BCUT2D eigenvalue weighted by Gasteiger charge is 2.34. The van der Waals surface area contributed by atoms with E-state index in [1.807, 2.05) is 0 Å². The molecule has 0 atom stereocenters. The molecule has 0 aliphatic heterocycles. The molecule has 0 N–H and O–H groups in total. The van der Waals surface area contributed by atoms with E-state index < -0.39 is 7.26 Å². The van der Waals surface area contributed by atoms with Crippen molar-refractivity contribution in [2.75, 3.05) is 24.6 Å². The summed E-state index contributed by atoms with van der Waals surface area (Å²) in [6, 6.07) is 0. The Hall–Kier alpha value is 0.430. The number of rotatable bonds is 49. The van der Waals surface area contributed by atoms with Crippen LogP contribution in [0.25, 0.3) is 0 Å². The summed E-state index contributed by atoms with van der Waals surface area (Å²) in [4.78, 5) is 0. The molecule has 0 saturated carbocycles. The van der Waals surface area contributed by atoms with E-state index in [-0.39, 0.29) is 0 Å². The van der Waals surface area contributed by atoms with E-state index in [0.29, 0.717) is 0 Å². The van der Waals surface area contributed by atoms with Crippen LogP contribution in [0.4, 0.5) is 0 Å². The zero-order chi connectivity index (χ0) is 39.1. The third-order valence-electron chi connectivity index (χ3n) is 13.2. The molecule has 0 bridgehead atoms. The molecule has 0 nitrogen and oxygen atoms in total. The van der Waals surface area contributed by atoms with Crippen molar-refractivity contribution in [1.29, 1.82) is 0 Å². The van der Waals surface area contributed by atoms with Crippen molar-refractivity contribution >= 4 is 7.26 Å². The molecule has 0 radical (unpaired) electrons. The van der Waals surface area contributed by atoms with E-state index in [0.717, 1.165) is 0 Å². The maximum absolute atomic E-state index is 2.43. The van der Waals surface area contributed by atoms with Crippen LogP contribution in [0.3, 0.4) is 0 Å². The fourth-order valence-corrected chi connectivity index (χ4v) is 14.2. The molecule has 0 heterocycles. The minimum atomic E-state index is -0.779. The summed E-state index contributed by atoms with van der Waals surface area (Å²) in [7, 11) is -0.779. The maximum Gasteiger partial charge on any atom is 0.0594 e. The van der Waals surface area contributed by atoms with Gasteiger partial charge in [0.2, 0.25) is 0 Å². The lowest BCUT2D eigenvalue weighted by molar-refractivity contribution is 0.537. The van der Waals surface area contributed by atoms with Crippen molar-refractivity contribution in [3.05, 3.63) is 0 Å². The molecule has 1 heteroatoms. The van der Waals surface area contributed by atoms with Crippen molar-refractivity contribution in [2.45, 2.75) is 317 Å². The normalized spacial score (nSPS) is 12.0. The summed E-state index contributed by atoms with van der Waals surface area (Å²) < 4.78 is 0. The molecule has 0 aromatic heterocycles. The molecular formula is C53H110P+. The van der Waals surface area contributed by atoms with E-state index in [1.165, 1.54) is 263 Å².